The van der Waals surface area contributed by atoms with Gasteiger partial charge in [-0.15, -0.1) is 0 Å². The van der Waals surface area contributed by atoms with E-state index in [1.165, 1.54) is 4.90 Å². The lowest BCUT2D eigenvalue weighted by Gasteiger charge is -2.24. The number of carbonyl (C=O) groups excluding carboxylic acids is 2. The molecule has 0 aliphatic carbocycles. The molecule has 0 fully saturated rings. The third-order valence-corrected chi connectivity index (χ3v) is 4.09. The first kappa shape index (κ1) is 21.3. The Hall–Kier alpha value is -2.97. The first-order chi connectivity index (χ1) is 13.2. The molecule has 0 spiro atoms. The summed E-state index contributed by atoms with van der Waals surface area (Å²) in [6.07, 6.45) is 0. The number of rotatable bonds is 5. The average Bonchev–Trinajstić information content (AvgIpc) is 2.66. The Morgan fingerprint density at radius 1 is 1.07 bits per heavy atom. The van der Waals surface area contributed by atoms with Gasteiger partial charge in [-0.2, -0.15) is 0 Å². The standard InChI is InChI=1S/C22H23ClN2O3/c1-22(2,28-19-13-11-18(23)12-14-19)21(27)24-15-5-6-16-7-9-17(10-8-16)20(26)25(3)4/h7-14H,15H2,1-4H3,(H,24,27). The molecule has 2 rings (SSSR count). The van der Waals surface area contributed by atoms with Gasteiger partial charge in [-0.05, 0) is 62.4 Å². The van der Waals surface area contributed by atoms with Gasteiger partial charge in [-0.1, -0.05) is 23.4 Å². The third-order valence-electron chi connectivity index (χ3n) is 3.84. The first-order valence-corrected chi connectivity index (χ1v) is 9.10. The summed E-state index contributed by atoms with van der Waals surface area (Å²) in [5.74, 6) is 6.08. The molecule has 0 saturated heterocycles. The second-order valence-electron chi connectivity index (χ2n) is 6.83. The van der Waals surface area contributed by atoms with Crippen LogP contribution in [0.3, 0.4) is 0 Å². The van der Waals surface area contributed by atoms with Gasteiger partial charge in [0.1, 0.15) is 5.75 Å². The zero-order valence-corrected chi connectivity index (χ0v) is 17.1. The van der Waals surface area contributed by atoms with E-state index in [-0.39, 0.29) is 18.4 Å². The molecule has 0 heterocycles. The fourth-order valence-corrected chi connectivity index (χ4v) is 2.41. The van der Waals surface area contributed by atoms with Crippen molar-refractivity contribution in [2.75, 3.05) is 20.6 Å². The maximum Gasteiger partial charge on any atom is 0.264 e. The molecule has 28 heavy (non-hydrogen) atoms. The van der Waals surface area contributed by atoms with Gasteiger partial charge in [0, 0.05) is 30.2 Å². The second-order valence-corrected chi connectivity index (χ2v) is 7.26. The van der Waals surface area contributed by atoms with Crippen molar-refractivity contribution in [2.24, 2.45) is 0 Å². The lowest BCUT2D eigenvalue weighted by atomic mass is 10.1. The Morgan fingerprint density at radius 3 is 2.25 bits per heavy atom. The Bertz CT molecular complexity index is 892. The van der Waals surface area contributed by atoms with Gasteiger partial charge < -0.3 is 15.0 Å². The molecule has 2 aromatic carbocycles. The SMILES string of the molecule is CN(C)C(=O)c1ccc(C#CCNC(=O)C(C)(C)Oc2ccc(Cl)cc2)cc1. The summed E-state index contributed by atoms with van der Waals surface area (Å²) in [7, 11) is 3.41. The van der Waals surface area contributed by atoms with Crippen molar-refractivity contribution in [3.05, 3.63) is 64.7 Å². The van der Waals surface area contributed by atoms with Crippen molar-refractivity contribution >= 4 is 23.4 Å². The van der Waals surface area contributed by atoms with E-state index in [4.69, 9.17) is 16.3 Å². The van der Waals surface area contributed by atoms with Crippen LogP contribution in [0.25, 0.3) is 0 Å². The van der Waals surface area contributed by atoms with Crippen molar-refractivity contribution in [3.8, 4) is 17.6 Å². The highest BCUT2D eigenvalue weighted by Crippen LogP contribution is 2.20. The fourth-order valence-electron chi connectivity index (χ4n) is 2.28. The van der Waals surface area contributed by atoms with Gasteiger partial charge >= 0.3 is 0 Å². The molecule has 0 aliphatic rings. The fraction of sp³-hybridized carbons (Fsp3) is 0.273. The number of halogens is 1. The van der Waals surface area contributed by atoms with Crippen LogP contribution in [0.15, 0.2) is 48.5 Å². The number of hydrogen-bond donors (Lipinski definition) is 1. The molecule has 0 bridgehead atoms. The molecule has 2 aromatic rings. The Kier molecular flexibility index (Phi) is 7.08. The summed E-state index contributed by atoms with van der Waals surface area (Å²) < 4.78 is 5.73. The van der Waals surface area contributed by atoms with E-state index >= 15 is 0 Å². The average molecular weight is 399 g/mol. The molecule has 0 atom stereocenters. The number of amides is 2. The topological polar surface area (TPSA) is 58.6 Å². The molecule has 0 aliphatic heterocycles. The molecule has 2 amide bonds. The van der Waals surface area contributed by atoms with Crippen LogP contribution in [-0.2, 0) is 4.79 Å². The normalized spacial score (nSPS) is 10.5. The quantitative estimate of drug-likeness (QED) is 0.785. The van der Waals surface area contributed by atoms with Crippen LogP contribution in [0.5, 0.6) is 5.75 Å². The van der Waals surface area contributed by atoms with Gasteiger partial charge in [0.25, 0.3) is 11.8 Å². The number of benzene rings is 2. The van der Waals surface area contributed by atoms with Crippen LogP contribution in [0, 0.1) is 11.8 Å². The summed E-state index contributed by atoms with van der Waals surface area (Å²) in [4.78, 5) is 25.7. The van der Waals surface area contributed by atoms with Gasteiger partial charge in [-0.3, -0.25) is 9.59 Å². The van der Waals surface area contributed by atoms with Crippen LogP contribution in [0.1, 0.15) is 29.8 Å². The molecule has 0 saturated carbocycles. The molecule has 146 valence electrons. The van der Waals surface area contributed by atoms with E-state index in [9.17, 15) is 9.59 Å². The third kappa shape index (κ3) is 6.04. The van der Waals surface area contributed by atoms with Crippen LogP contribution in [0.4, 0.5) is 0 Å². The minimum atomic E-state index is -1.05. The van der Waals surface area contributed by atoms with Crippen molar-refractivity contribution in [2.45, 2.75) is 19.4 Å². The minimum Gasteiger partial charge on any atom is -0.478 e. The summed E-state index contributed by atoms with van der Waals surface area (Å²) >= 11 is 5.85. The lowest BCUT2D eigenvalue weighted by molar-refractivity contribution is -0.133. The zero-order valence-electron chi connectivity index (χ0n) is 16.4. The summed E-state index contributed by atoms with van der Waals surface area (Å²) in [5, 5.41) is 3.35. The Labute approximate surface area is 170 Å². The largest absolute Gasteiger partial charge is 0.478 e. The second kappa shape index (κ2) is 9.29. The van der Waals surface area contributed by atoms with Crippen LogP contribution < -0.4 is 10.1 Å². The molecule has 6 heteroatoms. The van der Waals surface area contributed by atoms with Gasteiger partial charge in [0.15, 0.2) is 5.60 Å². The predicted molar refractivity (Wildman–Crippen MR) is 111 cm³/mol. The highest BCUT2D eigenvalue weighted by molar-refractivity contribution is 6.30. The van der Waals surface area contributed by atoms with E-state index in [1.54, 1.807) is 76.5 Å². The number of carbonyl (C=O) groups is 2. The van der Waals surface area contributed by atoms with E-state index in [0.717, 1.165) is 5.56 Å². The lowest BCUT2D eigenvalue weighted by Crippen LogP contribution is -2.46. The molecule has 0 radical (unpaired) electrons. The van der Waals surface area contributed by atoms with E-state index in [0.29, 0.717) is 16.3 Å². The number of hydrogen-bond acceptors (Lipinski definition) is 3. The maximum absolute atomic E-state index is 12.4. The maximum atomic E-state index is 12.4. The number of nitrogens with zero attached hydrogens (tertiary/aromatic N) is 1. The molecule has 0 aromatic heterocycles. The highest BCUT2D eigenvalue weighted by Gasteiger charge is 2.29. The van der Waals surface area contributed by atoms with Gasteiger partial charge in [-0.25, -0.2) is 0 Å². The summed E-state index contributed by atoms with van der Waals surface area (Å²) in [6, 6.07) is 13.8. The van der Waals surface area contributed by atoms with Crippen molar-refractivity contribution in [3.63, 3.8) is 0 Å². The first-order valence-electron chi connectivity index (χ1n) is 8.72. The van der Waals surface area contributed by atoms with Crippen LogP contribution in [0.2, 0.25) is 5.02 Å². The number of ether oxygens (including phenoxy) is 1. The number of nitrogens with one attached hydrogen (secondary N) is 1. The molecule has 5 nitrogen and oxygen atoms in total. The highest BCUT2D eigenvalue weighted by atomic mass is 35.5. The monoisotopic (exact) mass is 398 g/mol. The molecular weight excluding hydrogens is 376 g/mol. The molecule has 0 unspecified atom stereocenters. The van der Waals surface area contributed by atoms with Crippen molar-refractivity contribution in [1.29, 1.82) is 0 Å². The van der Waals surface area contributed by atoms with Crippen LogP contribution >= 0.6 is 11.6 Å². The minimum absolute atomic E-state index is 0.0605. The smallest absolute Gasteiger partial charge is 0.264 e. The Balaban J connectivity index is 1.89. The predicted octanol–water partition coefficient (Wildman–Crippen LogP) is 3.37. The molecule has 1 N–H and O–H groups in total. The van der Waals surface area contributed by atoms with Crippen molar-refractivity contribution < 1.29 is 14.3 Å². The summed E-state index contributed by atoms with van der Waals surface area (Å²) in [5.41, 5.74) is 0.315. The van der Waals surface area contributed by atoms with E-state index in [2.05, 4.69) is 17.2 Å². The van der Waals surface area contributed by atoms with Crippen molar-refractivity contribution in [1.82, 2.24) is 10.2 Å². The molecular formula is C22H23ClN2O3. The zero-order chi connectivity index (χ0) is 20.7. The van der Waals surface area contributed by atoms with E-state index < -0.39 is 5.60 Å². The van der Waals surface area contributed by atoms with Gasteiger partial charge in [0.05, 0.1) is 6.54 Å². The van der Waals surface area contributed by atoms with E-state index in [1.807, 2.05) is 0 Å². The van der Waals surface area contributed by atoms with Gasteiger partial charge in [0.2, 0.25) is 0 Å². The Morgan fingerprint density at radius 2 is 1.68 bits per heavy atom. The van der Waals surface area contributed by atoms with Crippen LogP contribution in [-0.4, -0.2) is 43.0 Å². The summed E-state index contributed by atoms with van der Waals surface area (Å²) in [6.45, 7) is 3.56.